The van der Waals surface area contributed by atoms with Crippen LogP contribution in [0.3, 0.4) is 0 Å². The molecule has 1 heterocycles. The van der Waals surface area contributed by atoms with Crippen LogP contribution in [-0.4, -0.2) is 44.2 Å². The number of anilines is 1. The van der Waals surface area contributed by atoms with Crippen LogP contribution in [0.4, 0.5) is 5.69 Å². The van der Waals surface area contributed by atoms with Crippen molar-refractivity contribution in [2.24, 2.45) is 0 Å². The number of nitrogens with one attached hydrogen (secondary N) is 1. The molecule has 0 fully saturated rings. The van der Waals surface area contributed by atoms with Crippen molar-refractivity contribution in [3.05, 3.63) is 30.5 Å². The zero-order valence-corrected chi connectivity index (χ0v) is 11.8. The van der Waals surface area contributed by atoms with E-state index in [9.17, 15) is 0 Å². The molecule has 0 spiro atoms. The Morgan fingerprint density at radius 2 is 2.11 bits per heavy atom. The van der Waals surface area contributed by atoms with Gasteiger partial charge in [0.1, 0.15) is 0 Å². The summed E-state index contributed by atoms with van der Waals surface area (Å²) in [6, 6.07) is 8.21. The molecule has 0 saturated carbocycles. The molecular formula is C15H21N3O. The van der Waals surface area contributed by atoms with E-state index in [1.807, 2.05) is 13.1 Å². The van der Waals surface area contributed by atoms with E-state index in [2.05, 4.69) is 47.5 Å². The summed E-state index contributed by atoms with van der Waals surface area (Å²) in [5.74, 6) is 0.716. The summed E-state index contributed by atoms with van der Waals surface area (Å²) in [5, 5.41) is 5.34. The third-order valence-corrected chi connectivity index (χ3v) is 3.01. The van der Waals surface area contributed by atoms with Crippen LogP contribution >= 0.6 is 0 Å². The third-order valence-electron chi connectivity index (χ3n) is 3.01. The Morgan fingerprint density at radius 3 is 2.84 bits per heavy atom. The molecule has 0 saturated heterocycles. The molecule has 1 aromatic heterocycles. The van der Waals surface area contributed by atoms with Gasteiger partial charge in [-0.2, -0.15) is 0 Å². The molecule has 1 aromatic carbocycles. The fourth-order valence-electron chi connectivity index (χ4n) is 1.96. The van der Waals surface area contributed by atoms with Crippen LogP contribution in [0.1, 0.15) is 6.42 Å². The minimum atomic E-state index is 0.689. The van der Waals surface area contributed by atoms with Crippen molar-refractivity contribution in [1.82, 2.24) is 9.88 Å². The fourth-order valence-corrected chi connectivity index (χ4v) is 1.96. The summed E-state index contributed by atoms with van der Waals surface area (Å²) in [6.07, 6.45) is 2.79. The van der Waals surface area contributed by atoms with Crippen LogP contribution < -0.4 is 10.1 Å². The third kappa shape index (κ3) is 3.58. The first-order valence-corrected chi connectivity index (χ1v) is 6.55. The number of aromatic nitrogens is 1. The van der Waals surface area contributed by atoms with E-state index in [1.54, 1.807) is 6.20 Å². The molecule has 102 valence electrons. The summed E-state index contributed by atoms with van der Waals surface area (Å²) < 4.78 is 5.80. The maximum Gasteiger partial charge on any atom is 0.221 e. The van der Waals surface area contributed by atoms with Gasteiger partial charge in [-0.3, -0.25) is 0 Å². The Bertz CT molecular complexity index is 540. The Kier molecular flexibility index (Phi) is 4.58. The minimum absolute atomic E-state index is 0.689. The highest BCUT2D eigenvalue weighted by atomic mass is 16.5. The molecule has 2 rings (SSSR count). The van der Waals surface area contributed by atoms with Gasteiger partial charge in [0.15, 0.2) is 0 Å². The maximum absolute atomic E-state index is 5.80. The molecule has 4 nitrogen and oxygen atoms in total. The summed E-state index contributed by atoms with van der Waals surface area (Å²) >= 11 is 0. The van der Waals surface area contributed by atoms with E-state index in [0.717, 1.165) is 29.4 Å². The summed E-state index contributed by atoms with van der Waals surface area (Å²) in [7, 11) is 6.04. The average Bonchev–Trinajstić information content (AvgIpc) is 2.43. The number of pyridine rings is 1. The van der Waals surface area contributed by atoms with Crippen LogP contribution in [0.5, 0.6) is 5.88 Å². The molecule has 1 N–H and O–H groups in total. The molecule has 2 aromatic rings. The first-order chi connectivity index (χ1) is 9.20. The number of ether oxygens (including phenoxy) is 1. The van der Waals surface area contributed by atoms with Crippen LogP contribution in [0.2, 0.25) is 0 Å². The fraction of sp³-hybridized carbons (Fsp3) is 0.400. The summed E-state index contributed by atoms with van der Waals surface area (Å²) in [4.78, 5) is 6.49. The van der Waals surface area contributed by atoms with Gasteiger partial charge in [0.2, 0.25) is 5.88 Å². The standard InChI is InChI=1S/C15H21N3O/c1-16-13-6-5-12-7-8-17-15(14(12)11-13)19-10-4-9-18(2)3/h5-8,11,16H,4,9-10H2,1-3H3. The molecule has 0 unspecified atom stereocenters. The van der Waals surface area contributed by atoms with Crippen LogP contribution in [-0.2, 0) is 0 Å². The first kappa shape index (κ1) is 13.6. The number of fused-ring (bicyclic) bond motifs is 1. The lowest BCUT2D eigenvalue weighted by molar-refractivity contribution is 0.276. The zero-order valence-electron chi connectivity index (χ0n) is 11.8. The lowest BCUT2D eigenvalue weighted by Crippen LogP contribution is -2.15. The molecule has 0 radical (unpaired) electrons. The molecule has 0 aliphatic heterocycles. The molecular weight excluding hydrogens is 238 g/mol. The van der Waals surface area contributed by atoms with Crippen molar-refractivity contribution in [2.75, 3.05) is 39.6 Å². The number of benzene rings is 1. The van der Waals surface area contributed by atoms with Crippen molar-refractivity contribution in [1.29, 1.82) is 0 Å². The second kappa shape index (κ2) is 6.38. The molecule has 0 atom stereocenters. The van der Waals surface area contributed by atoms with Gasteiger partial charge in [0, 0.05) is 30.9 Å². The van der Waals surface area contributed by atoms with E-state index < -0.39 is 0 Å². The molecule has 0 aliphatic carbocycles. The Labute approximate surface area is 114 Å². The van der Waals surface area contributed by atoms with Gasteiger partial charge in [0.25, 0.3) is 0 Å². The summed E-state index contributed by atoms with van der Waals surface area (Å²) in [5.41, 5.74) is 1.07. The van der Waals surface area contributed by atoms with Gasteiger partial charge < -0.3 is 15.0 Å². The van der Waals surface area contributed by atoms with Crippen LogP contribution in [0.25, 0.3) is 10.8 Å². The quantitative estimate of drug-likeness (QED) is 0.809. The van der Waals surface area contributed by atoms with Gasteiger partial charge >= 0.3 is 0 Å². The SMILES string of the molecule is CNc1ccc2ccnc(OCCCN(C)C)c2c1. The average molecular weight is 259 g/mol. The topological polar surface area (TPSA) is 37.4 Å². The highest BCUT2D eigenvalue weighted by Crippen LogP contribution is 2.26. The number of hydrogen-bond donors (Lipinski definition) is 1. The van der Waals surface area contributed by atoms with Gasteiger partial charge in [-0.25, -0.2) is 4.98 Å². The van der Waals surface area contributed by atoms with Gasteiger partial charge in [-0.1, -0.05) is 6.07 Å². The molecule has 19 heavy (non-hydrogen) atoms. The van der Waals surface area contributed by atoms with Crippen molar-refractivity contribution < 1.29 is 4.74 Å². The molecule has 0 aliphatic rings. The van der Waals surface area contributed by atoms with E-state index >= 15 is 0 Å². The van der Waals surface area contributed by atoms with Gasteiger partial charge in [-0.15, -0.1) is 0 Å². The Balaban J connectivity index is 2.13. The van der Waals surface area contributed by atoms with Crippen molar-refractivity contribution in [3.63, 3.8) is 0 Å². The predicted octanol–water partition coefficient (Wildman–Crippen LogP) is 2.61. The lowest BCUT2D eigenvalue weighted by atomic mass is 10.1. The molecule has 0 bridgehead atoms. The van der Waals surface area contributed by atoms with Gasteiger partial charge in [-0.05, 0) is 44.1 Å². The minimum Gasteiger partial charge on any atom is -0.477 e. The maximum atomic E-state index is 5.80. The van der Waals surface area contributed by atoms with Gasteiger partial charge in [0.05, 0.1) is 6.61 Å². The first-order valence-electron chi connectivity index (χ1n) is 6.55. The largest absolute Gasteiger partial charge is 0.477 e. The lowest BCUT2D eigenvalue weighted by Gasteiger charge is -2.11. The normalized spacial score (nSPS) is 10.9. The number of hydrogen-bond acceptors (Lipinski definition) is 4. The van der Waals surface area contributed by atoms with E-state index in [0.29, 0.717) is 12.5 Å². The van der Waals surface area contributed by atoms with E-state index in [-0.39, 0.29) is 0 Å². The Morgan fingerprint density at radius 1 is 1.26 bits per heavy atom. The second-order valence-corrected chi connectivity index (χ2v) is 4.81. The Hall–Kier alpha value is -1.81. The number of nitrogens with zero attached hydrogens (tertiary/aromatic N) is 2. The summed E-state index contributed by atoms with van der Waals surface area (Å²) in [6.45, 7) is 1.71. The van der Waals surface area contributed by atoms with Crippen LogP contribution in [0, 0.1) is 0 Å². The van der Waals surface area contributed by atoms with Crippen molar-refractivity contribution in [3.8, 4) is 5.88 Å². The molecule has 0 amide bonds. The van der Waals surface area contributed by atoms with Crippen LogP contribution in [0.15, 0.2) is 30.5 Å². The highest BCUT2D eigenvalue weighted by Gasteiger charge is 2.04. The van der Waals surface area contributed by atoms with E-state index in [4.69, 9.17) is 4.74 Å². The second-order valence-electron chi connectivity index (χ2n) is 4.81. The highest BCUT2D eigenvalue weighted by molar-refractivity contribution is 5.89. The monoisotopic (exact) mass is 259 g/mol. The zero-order chi connectivity index (χ0) is 13.7. The van der Waals surface area contributed by atoms with Crippen molar-refractivity contribution in [2.45, 2.75) is 6.42 Å². The molecule has 4 heteroatoms. The van der Waals surface area contributed by atoms with E-state index in [1.165, 1.54) is 0 Å². The van der Waals surface area contributed by atoms with Crippen molar-refractivity contribution >= 4 is 16.5 Å². The predicted molar refractivity (Wildman–Crippen MR) is 80.0 cm³/mol. The smallest absolute Gasteiger partial charge is 0.221 e. The number of rotatable bonds is 6.